The molecule has 3 aromatic rings. The standard InChI is InChI=1S/C22H23N3OS/c26-21(13-20-16-27-22(24-20)18-9-5-2-6-10-18)23-19-11-12-25(15-19)14-17-7-3-1-4-8-17/h1-10,16,19H,11-15H2,(H,23,26). The Morgan fingerprint density at radius 2 is 1.85 bits per heavy atom. The molecule has 0 radical (unpaired) electrons. The van der Waals surface area contributed by atoms with Gasteiger partial charge in [0.05, 0.1) is 12.1 Å². The average molecular weight is 378 g/mol. The van der Waals surface area contributed by atoms with Gasteiger partial charge in [-0.3, -0.25) is 9.69 Å². The number of aromatic nitrogens is 1. The second-order valence-electron chi connectivity index (χ2n) is 6.96. The van der Waals surface area contributed by atoms with E-state index < -0.39 is 0 Å². The van der Waals surface area contributed by atoms with E-state index in [9.17, 15) is 4.79 Å². The van der Waals surface area contributed by atoms with E-state index in [-0.39, 0.29) is 11.9 Å². The Morgan fingerprint density at radius 3 is 2.63 bits per heavy atom. The first-order valence-corrected chi connectivity index (χ1v) is 10.2. The van der Waals surface area contributed by atoms with E-state index in [4.69, 9.17) is 0 Å². The fourth-order valence-corrected chi connectivity index (χ4v) is 4.31. The van der Waals surface area contributed by atoms with Crippen LogP contribution in [0.5, 0.6) is 0 Å². The summed E-state index contributed by atoms with van der Waals surface area (Å²) in [5.74, 6) is 0.0615. The Morgan fingerprint density at radius 1 is 1.11 bits per heavy atom. The fourth-order valence-electron chi connectivity index (χ4n) is 3.48. The smallest absolute Gasteiger partial charge is 0.226 e. The van der Waals surface area contributed by atoms with Crippen LogP contribution in [0.25, 0.3) is 10.6 Å². The van der Waals surface area contributed by atoms with Crippen LogP contribution in [0.2, 0.25) is 0 Å². The van der Waals surface area contributed by atoms with Crippen LogP contribution in [0.15, 0.2) is 66.0 Å². The number of nitrogens with zero attached hydrogens (tertiary/aromatic N) is 2. The third-order valence-corrected chi connectivity index (χ3v) is 5.74. The van der Waals surface area contributed by atoms with Crippen molar-refractivity contribution >= 4 is 17.2 Å². The molecule has 1 amide bonds. The lowest BCUT2D eigenvalue weighted by molar-refractivity contribution is -0.121. The second kappa shape index (κ2) is 8.46. The summed E-state index contributed by atoms with van der Waals surface area (Å²) in [6, 6.07) is 20.8. The van der Waals surface area contributed by atoms with Crippen LogP contribution < -0.4 is 5.32 Å². The number of carbonyl (C=O) groups is 1. The normalized spacial score (nSPS) is 17.1. The molecular formula is C22H23N3OS. The third kappa shape index (κ3) is 4.81. The van der Waals surface area contributed by atoms with Crippen molar-refractivity contribution < 1.29 is 4.79 Å². The van der Waals surface area contributed by atoms with Gasteiger partial charge in [0.15, 0.2) is 0 Å². The number of rotatable bonds is 6. The zero-order valence-electron chi connectivity index (χ0n) is 15.2. The highest BCUT2D eigenvalue weighted by Crippen LogP contribution is 2.23. The molecule has 4 nitrogen and oxygen atoms in total. The van der Waals surface area contributed by atoms with Gasteiger partial charge in [-0.2, -0.15) is 0 Å². The van der Waals surface area contributed by atoms with Crippen molar-refractivity contribution in [3.8, 4) is 10.6 Å². The van der Waals surface area contributed by atoms with E-state index in [0.717, 1.165) is 42.3 Å². The lowest BCUT2D eigenvalue weighted by atomic mass is 10.2. The minimum Gasteiger partial charge on any atom is -0.352 e. The predicted molar refractivity (Wildman–Crippen MR) is 110 cm³/mol. The lowest BCUT2D eigenvalue weighted by Gasteiger charge is -2.16. The van der Waals surface area contributed by atoms with Crippen molar-refractivity contribution in [2.75, 3.05) is 13.1 Å². The number of likely N-dealkylation sites (tertiary alicyclic amines) is 1. The zero-order valence-corrected chi connectivity index (χ0v) is 16.0. The number of hydrogen-bond donors (Lipinski definition) is 1. The quantitative estimate of drug-likeness (QED) is 0.712. The molecule has 4 rings (SSSR count). The molecule has 0 saturated carbocycles. The maximum Gasteiger partial charge on any atom is 0.226 e. The molecule has 0 aliphatic carbocycles. The van der Waals surface area contributed by atoms with Crippen LogP contribution >= 0.6 is 11.3 Å². The Bertz CT molecular complexity index is 879. The summed E-state index contributed by atoms with van der Waals surface area (Å²) in [7, 11) is 0. The highest BCUT2D eigenvalue weighted by atomic mass is 32.1. The van der Waals surface area contributed by atoms with Gasteiger partial charge < -0.3 is 5.32 Å². The summed E-state index contributed by atoms with van der Waals surface area (Å²) < 4.78 is 0. The van der Waals surface area contributed by atoms with Crippen LogP contribution in [0.4, 0.5) is 0 Å². The van der Waals surface area contributed by atoms with Gasteiger partial charge in [-0.1, -0.05) is 60.7 Å². The average Bonchev–Trinajstić information content (AvgIpc) is 3.33. The van der Waals surface area contributed by atoms with Crippen LogP contribution in [0.3, 0.4) is 0 Å². The van der Waals surface area contributed by atoms with Crippen molar-refractivity contribution in [3.63, 3.8) is 0 Å². The monoisotopic (exact) mass is 377 g/mol. The van der Waals surface area contributed by atoms with E-state index in [0.29, 0.717) is 6.42 Å². The van der Waals surface area contributed by atoms with Gasteiger partial charge in [-0.25, -0.2) is 4.98 Å². The molecular weight excluding hydrogens is 354 g/mol. The Kier molecular flexibility index (Phi) is 5.61. The summed E-state index contributed by atoms with van der Waals surface area (Å²) in [6.07, 6.45) is 1.35. The molecule has 2 aromatic carbocycles. The van der Waals surface area contributed by atoms with E-state index in [1.807, 2.05) is 41.8 Å². The van der Waals surface area contributed by atoms with Gasteiger partial charge in [0.1, 0.15) is 5.01 Å². The molecule has 1 aromatic heterocycles. The summed E-state index contributed by atoms with van der Waals surface area (Å²) in [6.45, 7) is 2.88. The third-order valence-electron chi connectivity index (χ3n) is 4.80. The van der Waals surface area contributed by atoms with E-state index in [1.54, 1.807) is 11.3 Å². The van der Waals surface area contributed by atoms with Crippen LogP contribution in [0.1, 0.15) is 17.7 Å². The van der Waals surface area contributed by atoms with Crippen LogP contribution in [-0.2, 0) is 17.8 Å². The largest absolute Gasteiger partial charge is 0.352 e. The van der Waals surface area contributed by atoms with Crippen molar-refractivity contribution in [2.45, 2.75) is 25.4 Å². The van der Waals surface area contributed by atoms with Crippen LogP contribution in [-0.4, -0.2) is 34.9 Å². The van der Waals surface area contributed by atoms with Gasteiger partial charge in [0.25, 0.3) is 0 Å². The van der Waals surface area contributed by atoms with Gasteiger partial charge in [-0.15, -0.1) is 11.3 Å². The molecule has 1 saturated heterocycles. The predicted octanol–water partition coefficient (Wildman–Crippen LogP) is 3.74. The molecule has 138 valence electrons. The van der Waals surface area contributed by atoms with Crippen LogP contribution in [0, 0.1) is 0 Å². The highest BCUT2D eigenvalue weighted by molar-refractivity contribution is 7.13. The highest BCUT2D eigenvalue weighted by Gasteiger charge is 2.24. The minimum absolute atomic E-state index is 0.0615. The van der Waals surface area contributed by atoms with Crippen molar-refractivity contribution in [2.24, 2.45) is 0 Å². The van der Waals surface area contributed by atoms with Crippen molar-refractivity contribution in [1.29, 1.82) is 0 Å². The molecule has 1 fully saturated rings. The van der Waals surface area contributed by atoms with Gasteiger partial charge in [-0.05, 0) is 12.0 Å². The molecule has 1 aliphatic heterocycles. The molecule has 0 spiro atoms. The first-order chi connectivity index (χ1) is 13.3. The number of amides is 1. The maximum atomic E-state index is 12.4. The zero-order chi connectivity index (χ0) is 18.5. The molecule has 1 aliphatic rings. The van der Waals surface area contributed by atoms with E-state index >= 15 is 0 Å². The SMILES string of the molecule is O=C(Cc1csc(-c2ccccc2)n1)NC1CCN(Cc2ccccc2)C1. The summed E-state index contributed by atoms with van der Waals surface area (Å²) in [4.78, 5) is 19.4. The number of hydrogen-bond acceptors (Lipinski definition) is 4. The second-order valence-corrected chi connectivity index (χ2v) is 7.82. The van der Waals surface area contributed by atoms with Gasteiger partial charge in [0, 0.05) is 36.6 Å². The molecule has 1 unspecified atom stereocenters. The molecule has 27 heavy (non-hydrogen) atoms. The summed E-state index contributed by atoms with van der Waals surface area (Å²) >= 11 is 1.59. The molecule has 5 heteroatoms. The minimum atomic E-state index is 0.0615. The van der Waals surface area contributed by atoms with Gasteiger partial charge in [0.2, 0.25) is 5.91 Å². The fraction of sp³-hybridized carbons (Fsp3) is 0.273. The number of nitrogens with one attached hydrogen (secondary N) is 1. The number of benzene rings is 2. The Labute approximate surface area is 163 Å². The van der Waals surface area contributed by atoms with Gasteiger partial charge >= 0.3 is 0 Å². The molecule has 0 bridgehead atoms. The lowest BCUT2D eigenvalue weighted by Crippen LogP contribution is -2.37. The molecule has 2 heterocycles. The van der Waals surface area contributed by atoms with E-state index in [1.165, 1.54) is 5.56 Å². The maximum absolute atomic E-state index is 12.4. The Hall–Kier alpha value is -2.50. The first-order valence-electron chi connectivity index (χ1n) is 9.32. The summed E-state index contributed by atoms with van der Waals surface area (Å²) in [5, 5.41) is 6.13. The number of carbonyl (C=O) groups excluding carboxylic acids is 1. The summed E-state index contributed by atoms with van der Waals surface area (Å²) in [5.41, 5.74) is 3.26. The first kappa shape index (κ1) is 17.9. The Balaban J connectivity index is 1.27. The molecule has 1 atom stereocenters. The molecule has 1 N–H and O–H groups in total. The van der Waals surface area contributed by atoms with Crippen molar-refractivity contribution in [1.82, 2.24) is 15.2 Å². The topological polar surface area (TPSA) is 45.2 Å². The van der Waals surface area contributed by atoms with Crippen molar-refractivity contribution in [3.05, 3.63) is 77.3 Å². The number of thiazole rings is 1. The van der Waals surface area contributed by atoms with E-state index in [2.05, 4.69) is 39.5 Å².